The molecule has 2 unspecified atom stereocenters. The van der Waals surface area contributed by atoms with Gasteiger partial charge in [-0.2, -0.15) is 0 Å². The van der Waals surface area contributed by atoms with Crippen LogP contribution in [0.15, 0.2) is 6.07 Å². The second-order valence-corrected chi connectivity index (χ2v) is 5.47. The molecule has 0 aromatic carbocycles. The van der Waals surface area contributed by atoms with Crippen molar-refractivity contribution in [3.05, 3.63) is 17.6 Å². The van der Waals surface area contributed by atoms with Gasteiger partial charge in [-0.3, -0.25) is 0 Å². The van der Waals surface area contributed by atoms with E-state index < -0.39 is 0 Å². The quantitative estimate of drug-likeness (QED) is 0.783. The van der Waals surface area contributed by atoms with E-state index in [0.717, 1.165) is 29.9 Å². The lowest BCUT2D eigenvalue weighted by Gasteiger charge is -2.19. The summed E-state index contributed by atoms with van der Waals surface area (Å²) in [4.78, 5) is 11.5. The van der Waals surface area contributed by atoms with Crippen LogP contribution in [-0.4, -0.2) is 23.1 Å². The summed E-state index contributed by atoms with van der Waals surface area (Å²) in [5, 5.41) is 0. The predicted molar refractivity (Wildman–Crippen MR) is 69.2 cm³/mol. The molecule has 3 rings (SSSR count). The van der Waals surface area contributed by atoms with Crippen molar-refractivity contribution in [3.63, 3.8) is 0 Å². The molecule has 2 fully saturated rings. The van der Waals surface area contributed by atoms with E-state index in [1.54, 1.807) is 0 Å². The van der Waals surface area contributed by atoms with E-state index in [2.05, 4.69) is 27.9 Å². The normalized spacial score (nSPS) is 27.5. The Kier molecular flexibility index (Phi) is 2.77. The van der Waals surface area contributed by atoms with Gasteiger partial charge < -0.3 is 4.90 Å². The zero-order chi connectivity index (χ0) is 11.8. The Labute approximate surface area is 103 Å². The van der Waals surface area contributed by atoms with Crippen LogP contribution in [0.3, 0.4) is 0 Å². The van der Waals surface area contributed by atoms with Crippen LogP contribution in [0, 0.1) is 18.8 Å². The van der Waals surface area contributed by atoms with Crippen LogP contribution >= 0.6 is 0 Å². The van der Waals surface area contributed by atoms with E-state index in [4.69, 9.17) is 0 Å². The molecule has 17 heavy (non-hydrogen) atoms. The minimum absolute atomic E-state index is 0.913. The van der Waals surface area contributed by atoms with E-state index in [1.165, 1.54) is 38.0 Å². The summed E-state index contributed by atoms with van der Waals surface area (Å²) >= 11 is 0. The standard InChI is InChI=1S/C14H21N3/c1-3-13-7-14(16-10(2)15-13)17-8-11-5-4-6-12(11)9-17/h7,11-12H,3-6,8-9H2,1-2H3. The lowest BCUT2D eigenvalue weighted by Crippen LogP contribution is -2.22. The molecular weight excluding hydrogens is 210 g/mol. The highest BCUT2D eigenvalue weighted by molar-refractivity contribution is 5.41. The smallest absolute Gasteiger partial charge is 0.132 e. The third-order valence-electron chi connectivity index (χ3n) is 4.29. The van der Waals surface area contributed by atoms with Gasteiger partial charge in [0.25, 0.3) is 0 Å². The van der Waals surface area contributed by atoms with Gasteiger partial charge in [0.1, 0.15) is 11.6 Å². The Morgan fingerprint density at radius 2 is 1.94 bits per heavy atom. The third-order valence-corrected chi connectivity index (χ3v) is 4.29. The average Bonchev–Trinajstić information content (AvgIpc) is 2.88. The lowest BCUT2D eigenvalue weighted by molar-refractivity contribution is 0.494. The molecular formula is C14H21N3. The first kappa shape index (κ1) is 11.0. The first-order valence-corrected chi connectivity index (χ1v) is 6.85. The molecule has 2 heterocycles. The molecule has 0 spiro atoms. The maximum absolute atomic E-state index is 4.61. The number of fused-ring (bicyclic) bond motifs is 1. The molecule has 1 aromatic heterocycles. The summed E-state index contributed by atoms with van der Waals surface area (Å²) in [6.07, 6.45) is 5.28. The minimum atomic E-state index is 0.913. The van der Waals surface area contributed by atoms with Crippen molar-refractivity contribution in [2.45, 2.75) is 39.5 Å². The van der Waals surface area contributed by atoms with E-state index in [1.807, 2.05) is 6.92 Å². The molecule has 1 aliphatic heterocycles. The lowest BCUT2D eigenvalue weighted by atomic mass is 10.0. The monoisotopic (exact) mass is 231 g/mol. The first-order valence-electron chi connectivity index (χ1n) is 6.85. The van der Waals surface area contributed by atoms with Crippen molar-refractivity contribution >= 4 is 5.82 Å². The van der Waals surface area contributed by atoms with Gasteiger partial charge in [0.05, 0.1) is 0 Å². The second kappa shape index (κ2) is 4.28. The molecule has 1 saturated heterocycles. The van der Waals surface area contributed by atoms with Crippen LogP contribution in [0.1, 0.15) is 37.7 Å². The van der Waals surface area contributed by atoms with E-state index >= 15 is 0 Å². The molecule has 2 aliphatic rings. The summed E-state index contributed by atoms with van der Waals surface area (Å²) in [5.41, 5.74) is 1.17. The van der Waals surface area contributed by atoms with Crippen molar-refractivity contribution in [1.29, 1.82) is 0 Å². The van der Waals surface area contributed by atoms with Gasteiger partial charge in [0.15, 0.2) is 0 Å². The van der Waals surface area contributed by atoms with Gasteiger partial charge in [-0.05, 0) is 38.0 Å². The molecule has 2 atom stereocenters. The molecule has 3 heteroatoms. The first-order chi connectivity index (χ1) is 8.26. The Morgan fingerprint density at radius 1 is 1.24 bits per heavy atom. The van der Waals surface area contributed by atoms with Crippen LogP contribution in [0.5, 0.6) is 0 Å². The molecule has 1 aromatic rings. The fourth-order valence-electron chi connectivity index (χ4n) is 3.38. The topological polar surface area (TPSA) is 29.0 Å². The SMILES string of the molecule is CCc1cc(N2CC3CCCC3C2)nc(C)n1. The highest BCUT2D eigenvalue weighted by Gasteiger charge is 2.36. The Bertz CT molecular complexity index is 404. The highest BCUT2D eigenvalue weighted by Crippen LogP contribution is 2.39. The van der Waals surface area contributed by atoms with Gasteiger partial charge in [-0.15, -0.1) is 0 Å². The fraction of sp³-hybridized carbons (Fsp3) is 0.714. The van der Waals surface area contributed by atoms with Crippen LogP contribution in [-0.2, 0) is 6.42 Å². The third kappa shape index (κ3) is 2.03. The van der Waals surface area contributed by atoms with Crippen LogP contribution in [0.4, 0.5) is 5.82 Å². The van der Waals surface area contributed by atoms with Gasteiger partial charge in [-0.1, -0.05) is 13.3 Å². The molecule has 0 amide bonds. The number of nitrogens with zero attached hydrogens (tertiary/aromatic N) is 3. The summed E-state index contributed by atoms with van der Waals surface area (Å²) in [5.74, 6) is 3.92. The van der Waals surface area contributed by atoms with Crippen molar-refractivity contribution < 1.29 is 0 Å². The van der Waals surface area contributed by atoms with Crippen LogP contribution in [0.25, 0.3) is 0 Å². The maximum Gasteiger partial charge on any atom is 0.132 e. The zero-order valence-electron chi connectivity index (χ0n) is 10.8. The second-order valence-electron chi connectivity index (χ2n) is 5.47. The van der Waals surface area contributed by atoms with Gasteiger partial charge in [0, 0.05) is 24.8 Å². The molecule has 1 saturated carbocycles. The van der Waals surface area contributed by atoms with E-state index in [9.17, 15) is 0 Å². The van der Waals surface area contributed by atoms with E-state index in [0.29, 0.717) is 0 Å². The summed E-state index contributed by atoms with van der Waals surface area (Å²) < 4.78 is 0. The molecule has 92 valence electrons. The number of anilines is 1. The summed E-state index contributed by atoms with van der Waals surface area (Å²) in [6, 6.07) is 2.17. The molecule has 1 aliphatic carbocycles. The van der Waals surface area contributed by atoms with Crippen molar-refractivity contribution in [2.24, 2.45) is 11.8 Å². The van der Waals surface area contributed by atoms with Gasteiger partial charge in [-0.25, -0.2) is 9.97 Å². The largest absolute Gasteiger partial charge is 0.356 e. The van der Waals surface area contributed by atoms with Crippen molar-refractivity contribution in [1.82, 2.24) is 9.97 Å². The number of rotatable bonds is 2. The molecule has 0 bridgehead atoms. The number of hydrogen-bond acceptors (Lipinski definition) is 3. The molecule has 0 N–H and O–H groups in total. The predicted octanol–water partition coefficient (Wildman–Crippen LogP) is 2.58. The van der Waals surface area contributed by atoms with E-state index in [-0.39, 0.29) is 0 Å². The van der Waals surface area contributed by atoms with Crippen LogP contribution < -0.4 is 4.90 Å². The average molecular weight is 231 g/mol. The summed E-state index contributed by atoms with van der Waals surface area (Å²) in [7, 11) is 0. The maximum atomic E-state index is 4.61. The highest BCUT2D eigenvalue weighted by atomic mass is 15.2. The molecule has 3 nitrogen and oxygen atoms in total. The Hall–Kier alpha value is -1.12. The van der Waals surface area contributed by atoms with Crippen molar-refractivity contribution in [2.75, 3.05) is 18.0 Å². The Balaban J connectivity index is 1.82. The van der Waals surface area contributed by atoms with Gasteiger partial charge in [0.2, 0.25) is 0 Å². The summed E-state index contributed by atoms with van der Waals surface area (Å²) in [6.45, 7) is 6.58. The fourth-order valence-corrected chi connectivity index (χ4v) is 3.38. The Morgan fingerprint density at radius 3 is 2.59 bits per heavy atom. The number of hydrogen-bond donors (Lipinski definition) is 0. The zero-order valence-corrected chi connectivity index (χ0v) is 10.8. The van der Waals surface area contributed by atoms with Gasteiger partial charge >= 0.3 is 0 Å². The number of aryl methyl sites for hydroxylation is 2. The van der Waals surface area contributed by atoms with Crippen molar-refractivity contribution in [3.8, 4) is 0 Å². The van der Waals surface area contributed by atoms with Crippen LogP contribution in [0.2, 0.25) is 0 Å². The molecule has 0 radical (unpaired) electrons. The number of aromatic nitrogens is 2. The minimum Gasteiger partial charge on any atom is -0.356 e.